The van der Waals surface area contributed by atoms with Gasteiger partial charge in [-0.3, -0.25) is 9.59 Å². The van der Waals surface area contributed by atoms with Crippen LogP contribution in [0, 0.1) is 0 Å². The average molecular weight is 400 g/mol. The molecule has 0 fully saturated rings. The summed E-state index contributed by atoms with van der Waals surface area (Å²) in [5, 5.41) is 5.59. The van der Waals surface area contributed by atoms with Gasteiger partial charge in [0.25, 0.3) is 5.91 Å². The van der Waals surface area contributed by atoms with E-state index in [1.165, 1.54) is 19.2 Å². The molecule has 2 aromatic rings. The number of hydrogen-bond donors (Lipinski definition) is 2. The number of hydrogen-bond acceptors (Lipinski definition) is 6. The fourth-order valence-electron chi connectivity index (χ4n) is 2.38. The zero-order chi connectivity index (χ0) is 21.1. The first-order valence-electron chi connectivity index (χ1n) is 9.12. The molecule has 0 spiro atoms. The maximum atomic E-state index is 12.3. The van der Waals surface area contributed by atoms with Crippen LogP contribution in [-0.4, -0.2) is 38.3 Å². The second-order valence-electron chi connectivity index (χ2n) is 5.98. The summed E-state index contributed by atoms with van der Waals surface area (Å²) in [6, 6.07) is 13.4. The Morgan fingerprint density at radius 2 is 1.79 bits per heavy atom. The second-order valence-corrected chi connectivity index (χ2v) is 5.98. The van der Waals surface area contributed by atoms with Crippen LogP contribution in [0.3, 0.4) is 0 Å². The van der Waals surface area contributed by atoms with Crippen molar-refractivity contribution in [3.8, 4) is 5.75 Å². The number of carbonyl (C=O) groups excluding carboxylic acids is 3. The van der Waals surface area contributed by atoms with E-state index in [0.29, 0.717) is 24.4 Å². The van der Waals surface area contributed by atoms with Crippen LogP contribution in [-0.2, 0) is 20.8 Å². The molecule has 0 atom stereocenters. The summed E-state index contributed by atoms with van der Waals surface area (Å²) >= 11 is 0. The van der Waals surface area contributed by atoms with Crippen LogP contribution in [0.1, 0.15) is 29.3 Å². The molecule has 154 valence electrons. The maximum absolute atomic E-state index is 12.3. The Hall–Kier alpha value is -3.39. The van der Waals surface area contributed by atoms with Crippen molar-refractivity contribution in [3.05, 3.63) is 59.7 Å². The lowest BCUT2D eigenvalue weighted by molar-refractivity contribution is -0.117. The largest absolute Gasteiger partial charge is 0.513 e. The van der Waals surface area contributed by atoms with E-state index in [9.17, 15) is 14.4 Å². The Bertz CT molecular complexity index is 835. The number of anilines is 1. The first-order valence-corrected chi connectivity index (χ1v) is 9.12. The van der Waals surface area contributed by atoms with Crippen LogP contribution >= 0.6 is 0 Å². The van der Waals surface area contributed by atoms with Crippen molar-refractivity contribution in [1.29, 1.82) is 0 Å². The smallest absolute Gasteiger partial charge is 0.434 e. The van der Waals surface area contributed by atoms with E-state index in [2.05, 4.69) is 10.6 Å². The van der Waals surface area contributed by atoms with E-state index in [1.807, 2.05) is 6.07 Å². The van der Waals surface area contributed by atoms with Gasteiger partial charge in [-0.15, -0.1) is 0 Å². The molecule has 2 aromatic carbocycles. The topological polar surface area (TPSA) is 103 Å². The Kier molecular flexibility index (Phi) is 8.65. The summed E-state index contributed by atoms with van der Waals surface area (Å²) < 4.78 is 14.5. The summed E-state index contributed by atoms with van der Waals surface area (Å²) in [4.78, 5) is 35.4. The molecular weight excluding hydrogens is 376 g/mol. The predicted octanol–water partition coefficient (Wildman–Crippen LogP) is 3.13. The fourth-order valence-corrected chi connectivity index (χ4v) is 2.38. The van der Waals surface area contributed by atoms with Crippen LogP contribution in [0.4, 0.5) is 10.5 Å². The standard InChI is InChI=1S/C21H24N2O6/c1-3-28-21(26)29-18-9-7-16(8-10-18)20(25)22-14-15-5-4-6-17(13-15)23-19(24)11-12-27-2/h4-10,13H,3,11-12,14H2,1-2H3,(H,22,25)(H,23,24). The molecule has 0 aliphatic carbocycles. The Balaban J connectivity index is 1.88. The van der Waals surface area contributed by atoms with Crippen molar-refractivity contribution < 1.29 is 28.6 Å². The molecule has 0 unspecified atom stereocenters. The minimum absolute atomic E-state index is 0.141. The molecule has 2 amide bonds. The van der Waals surface area contributed by atoms with Gasteiger partial charge in [-0.25, -0.2) is 4.79 Å². The highest BCUT2D eigenvalue weighted by molar-refractivity contribution is 5.94. The zero-order valence-electron chi connectivity index (χ0n) is 16.4. The third-order valence-corrected chi connectivity index (χ3v) is 3.78. The molecular formula is C21H24N2O6. The van der Waals surface area contributed by atoms with Gasteiger partial charge in [-0.2, -0.15) is 0 Å². The maximum Gasteiger partial charge on any atom is 0.513 e. The number of ether oxygens (including phenoxy) is 3. The van der Waals surface area contributed by atoms with Crippen molar-refractivity contribution >= 4 is 23.7 Å². The van der Waals surface area contributed by atoms with Gasteiger partial charge < -0.3 is 24.8 Å². The van der Waals surface area contributed by atoms with Crippen molar-refractivity contribution in [2.45, 2.75) is 19.9 Å². The highest BCUT2D eigenvalue weighted by Crippen LogP contribution is 2.14. The van der Waals surface area contributed by atoms with E-state index < -0.39 is 6.16 Å². The lowest BCUT2D eigenvalue weighted by atomic mass is 10.1. The van der Waals surface area contributed by atoms with E-state index >= 15 is 0 Å². The SMILES string of the molecule is CCOC(=O)Oc1ccc(C(=O)NCc2cccc(NC(=O)CCOC)c2)cc1. The van der Waals surface area contributed by atoms with Crippen molar-refractivity contribution in [2.24, 2.45) is 0 Å². The van der Waals surface area contributed by atoms with Crippen molar-refractivity contribution in [3.63, 3.8) is 0 Å². The molecule has 2 N–H and O–H groups in total. The van der Waals surface area contributed by atoms with Gasteiger partial charge in [0.1, 0.15) is 5.75 Å². The summed E-state index contributed by atoms with van der Waals surface area (Å²) in [7, 11) is 1.54. The zero-order valence-corrected chi connectivity index (χ0v) is 16.4. The fraction of sp³-hybridized carbons (Fsp3) is 0.286. The lowest BCUT2D eigenvalue weighted by Crippen LogP contribution is -2.23. The first kappa shape index (κ1) is 21.9. The second kappa shape index (κ2) is 11.5. The van der Waals surface area contributed by atoms with Crippen LogP contribution < -0.4 is 15.4 Å². The van der Waals surface area contributed by atoms with Gasteiger partial charge >= 0.3 is 6.16 Å². The molecule has 0 bridgehead atoms. The Morgan fingerprint density at radius 1 is 1.03 bits per heavy atom. The predicted molar refractivity (Wildman–Crippen MR) is 107 cm³/mol. The van der Waals surface area contributed by atoms with Gasteiger partial charge in [-0.1, -0.05) is 12.1 Å². The molecule has 0 aliphatic heterocycles. The summed E-state index contributed by atoms with van der Waals surface area (Å²) in [5.41, 5.74) is 1.91. The number of carbonyl (C=O) groups is 3. The van der Waals surface area contributed by atoms with Gasteiger partial charge in [-0.05, 0) is 48.9 Å². The summed E-state index contributed by atoms with van der Waals surface area (Å²) in [5.74, 6) is -0.128. The van der Waals surface area contributed by atoms with Crippen LogP contribution in [0.25, 0.3) is 0 Å². The molecule has 2 rings (SSSR count). The molecule has 0 saturated heterocycles. The normalized spacial score (nSPS) is 10.1. The molecule has 0 saturated carbocycles. The number of benzene rings is 2. The molecule has 0 heterocycles. The molecule has 0 radical (unpaired) electrons. The third-order valence-electron chi connectivity index (χ3n) is 3.78. The van der Waals surface area contributed by atoms with Crippen molar-refractivity contribution in [2.75, 3.05) is 25.6 Å². The van der Waals surface area contributed by atoms with E-state index in [0.717, 1.165) is 5.56 Å². The van der Waals surface area contributed by atoms with Crippen LogP contribution in [0.15, 0.2) is 48.5 Å². The van der Waals surface area contributed by atoms with Crippen LogP contribution in [0.5, 0.6) is 5.75 Å². The third kappa shape index (κ3) is 7.63. The highest BCUT2D eigenvalue weighted by Gasteiger charge is 2.09. The van der Waals surface area contributed by atoms with Gasteiger partial charge in [0.15, 0.2) is 0 Å². The van der Waals surface area contributed by atoms with Crippen LogP contribution in [0.2, 0.25) is 0 Å². The number of rotatable bonds is 9. The lowest BCUT2D eigenvalue weighted by Gasteiger charge is -2.09. The number of nitrogens with one attached hydrogen (secondary N) is 2. The molecule has 8 heteroatoms. The first-order chi connectivity index (χ1) is 14.0. The van der Waals surface area contributed by atoms with Crippen molar-refractivity contribution in [1.82, 2.24) is 5.32 Å². The Morgan fingerprint density at radius 3 is 2.48 bits per heavy atom. The summed E-state index contributed by atoms with van der Waals surface area (Å²) in [6.45, 7) is 2.55. The molecule has 8 nitrogen and oxygen atoms in total. The molecule has 0 aliphatic rings. The quantitative estimate of drug-likeness (QED) is 0.495. The van der Waals surface area contributed by atoms with E-state index in [4.69, 9.17) is 14.2 Å². The van der Waals surface area contributed by atoms with Gasteiger partial charge in [0.2, 0.25) is 5.91 Å². The van der Waals surface area contributed by atoms with Gasteiger partial charge in [0.05, 0.1) is 19.6 Å². The highest BCUT2D eigenvalue weighted by atomic mass is 16.7. The number of methoxy groups -OCH3 is 1. The minimum Gasteiger partial charge on any atom is -0.434 e. The minimum atomic E-state index is -0.793. The van der Waals surface area contributed by atoms with E-state index in [1.54, 1.807) is 37.3 Å². The molecule has 29 heavy (non-hydrogen) atoms. The summed E-state index contributed by atoms with van der Waals surface area (Å²) in [6.07, 6.45) is -0.522. The Labute approximate surface area is 169 Å². The molecule has 0 aromatic heterocycles. The van der Waals surface area contributed by atoms with E-state index in [-0.39, 0.29) is 30.6 Å². The monoisotopic (exact) mass is 400 g/mol. The average Bonchev–Trinajstić information content (AvgIpc) is 2.71. The van der Waals surface area contributed by atoms with Gasteiger partial charge in [0, 0.05) is 24.9 Å². The number of amides is 2.